The lowest BCUT2D eigenvalue weighted by Crippen LogP contribution is -2.35. The van der Waals surface area contributed by atoms with Crippen LogP contribution in [0.15, 0.2) is 84.0 Å². The molecule has 0 fully saturated rings. The Balaban J connectivity index is 1.43. The van der Waals surface area contributed by atoms with Gasteiger partial charge in [-0.3, -0.25) is 4.79 Å². The van der Waals surface area contributed by atoms with Gasteiger partial charge >= 0.3 is 0 Å². The standard InChI is InChI=1S/C28H28N4O2S/c1-20(27(33)31-19-17-22-12-6-8-14-24(22)31)35-28-30-29-26(23-13-7-9-15-25(23)34-2)32(28)18-16-21-10-4-3-5-11-21/h3-15,20H,16-19H2,1-2H3/t20-/m1/s1. The fourth-order valence-electron chi connectivity index (χ4n) is 4.49. The van der Waals surface area contributed by atoms with Gasteiger partial charge in [0.1, 0.15) is 5.75 Å². The summed E-state index contributed by atoms with van der Waals surface area (Å²) >= 11 is 1.46. The first kappa shape index (κ1) is 23.2. The van der Waals surface area contributed by atoms with E-state index < -0.39 is 0 Å². The van der Waals surface area contributed by atoms with Gasteiger partial charge in [-0.05, 0) is 49.1 Å². The minimum Gasteiger partial charge on any atom is -0.496 e. The van der Waals surface area contributed by atoms with Crippen LogP contribution in [0.4, 0.5) is 5.69 Å². The summed E-state index contributed by atoms with van der Waals surface area (Å²) in [6.45, 7) is 3.36. The minimum absolute atomic E-state index is 0.0939. The molecule has 0 radical (unpaired) electrons. The largest absolute Gasteiger partial charge is 0.496 e. The molecule has 6 nitrogen and oxygen atoms in total. The molecule has 0 spiro atoms. The van der Waals surface area contributed by atoms with E-state index in [1.165, 1.54) is 22.9 Å². The number of aryl methyl sites for hydroxylation is 1. The number of aromatic nitrogens is 3. The lowest BCUT2D eigenvalue weighted by atomic mass is 10.1. The Morgan fingerprint density at radius 3 is 2.57 bits per heavy atom. The molecule has 0 aliphatic carbocycles. The van der Waals surface area contributed by atoms with E-state index in [-0.39, 0.29) is 11.2 Å². The molecule has 0 saturated carbocycles. The van der Waals surface area contributed by atoms with Crippen LogP contribution in [0.1, 0.15) is 18.1 Å². The second-order valence-electron chi connectivity index (χ2n) is 8.52. The molecule has 1 aliphatic heterocycles. The molecule has 4 aromatic rings. The van der Waals surface area contributed by atoms with E-state index in [2.05, 4.69) is 33.0 Å². The van der Waals surface area contributed by atoms with Crippen molar-refractivity contribution in [3.8, 4) is 17.1 Å². The topological polar surface area (TPSA) is 60.3 Å². The quantitative estimate of drug-likeness (QED) is 0.319. The Morgan fingerprint density at radius 2 is 1.74 bits per heavy atom. The summed E-state index contributed by atoms with van der Waals surface area (Å²) in [6.07, 6.45) is 1.72. The van der Waals surface area contributed by atoms with E-state index in [0.717, 1.165) is 47.4 Å². The van der Waals surface area contributed by atoms with Crippen molar-refractivity contribution in [2.75, 3.05) is 18.6 Å². The molecule has 5 rings (SSSR count). The predicted octanol–water partition coefficient (Wildman–Crippen LogP) is 5.27. The maximum Gasteiger partial charge on any atom is 0.240 e. The third kappa shape index (κ3) is 4.82. The van der Waals surface area contributed by atoms with Gasteiger partial charge in [-0.2, -0.15) is 0 Å². The number of rotatable bonds is 8. The van der Waals surface area contributed by atoms with Gasteiger partial charge in [-0.15, -0.1) is 10.2 Å². The van der Waals surface area contributed by atoms with Gasteiger partial charge in [0.2, 0.25) is 5.91 Å². The second kappa shape index (κ2) is 10.4. The van der Waals surface area contributed by atoms with Crippen molar-refractivity contribution in [3.05, 3.63) is 90.0 Å². The van der Waals surface area contributed by atoms with E-state index in [9.17, 15) is 4.79 Å². The molecule has 1 amide bonds. The highest BCUT2D eigenvalue weighted by molar-refractivity contribution is 8.00. The van der Waals surface area contributed by atoms with Gasteiger partial charge in [0.15, 0.2) is 11.0 Å². The van der Waals surface area contributed by atoms with Crippen molar-refractivity contribution in [3.63, 3.8) is 0 Å². The average molecular weight is 485 g/mol. The number of hydrogen-bond donors (Lipinski definition) is 0. The molecule has 1 aromatic heterocycles. The summed E-state index contributed by atoms with van der Waals surface area (Å²) in [5, 5.41) is 9.50. The number of hydrogen-bond acceptors (Lipinski definition) is 5. The summed E-state index contributed by atoms with van der Waals surface area (Å²) < 4.78 is 7.71. The highest BCUT2D eigenvalue weighted by Gasteiger charge is 2.30. The van der Waals surface area contributed by atoms with E-state index in [1.54, 1.807) is 7.11 Å². The number of anilines is 1. The zero-order valence-electron chi connectivity index (χ0n) is 19.9. The molecule has 0 N–H and O–H groups in total. The van der Waals surface area contributed by atoms with Crippen LogP contribution >= 0.6 is 11.8 Å². The van der Waals surface area contributed by atoms with Crippen molar-refractivity contribution in [2.45, 2.75) is 36.7 Å². The molecule has 7 heteroatoms. The molecular weight excluding hydrogens is 456 g/mol. The number of methoxy groups -OCH3 is 1. The molecular formula is C28H28N4O2S. The van der Waals surface area contributed by atoms with Crippen LogP contribution in [0.3, 0.4) is 0 Å². The van der Waals surface area contributed by atoms with E-state index >= 15 is 0 Å². The Bertz CT molecular complexity index is 1320. The number of benzene rings is 3. The number of para-hydroxylation sites is 2. The minimum atomic E-state index is -0.300. The van der Waals surface area contributed by atoms with Crippen LogP contribution in [0, 0.1) is 0 Å². The van der Waals surface area contributed by atoms with Crippen LogP contribution in [-0.4, -0.2) is 39.6 Å². The SMILES string of the molecule is COc1ccccc1-c1nnc(S[C@H](C)C(=O)N2CCc3ccccc32)n1CCc1ccccc1. The van der Waals surface area contributed by atoms with E-state index in [4.69, 9.17) is 4.74 Å². The fraction of sp³-hybridized carbons (Fsp3) is 0.250. The molecule has 1 aliphatic rings. The zero-order valence-corrected chi connectivity index (χ0v) is 20.7. The van der Waals surface area contributed by atoms with Gasteiger partial charge in [0.05, 0.1) is 17.9 Å². The molecule has 0 unspecified atom stereocenters. The number of thioether (sulfide) groups is 1. The summed E-state index contributed by atoms with van der Waals surface area (Å²) in [4.78, 5) is 15.3. The molecule has 0 saturated heterocycles. The maximum absolute atomic E-state index is 13.4. The summed E-state index contributed by atoms with van der Waals surface area (Å²) in [5.74, 6) is 1.58. The van der Waals surface area contributed by atoms with Crippen LogP contribution in [-0.2, 0) is 24.2 Å². The fourth-order valence-corrected chi connectivity index (χ4v) is 5.42. The van der Waals surface area contributed by atoms with Crippen molar-refractivity contribution in [2.24, 2.45) is 0 Å². The monoisotopic (exact) mass is 484 g/mol. The lowest BCUT2D eigenvalue weighted by Gasteiger charge is -2.21. The second-order valence-corrected chi connectivity index (χ2v) is 9.83. The summed E-state index contributed by atoms with van der Waals surface area (Å²) in [5.41, 5.74) is 4.36. The Kier molecular flexibility index (Phi) is 6.86. The third-order valence-electron chi connectivity index (χ3n) is 6.31. The van der Waals surface area contributed by atoms with Crippen LogP contribution in [0.25, 0.3) is 11.4 Å². The van der Waals surface area contributed by atoms with E-state index in [1.807, 2.05) is 72.5 Å². The van der Waals surface area contributed by atoms with Crippen LogP contribution < -0.4 is 9.64 Å². The maximum atomic E-state index is 13.4. The number of amides is 1. The first-order chi connectivity index (χ1) is 17.2. The Labute approximate surface area is 210 Å². The lowest BCUT2D eigenvalue weighted by molar-refractivity contribution is -0.117. The van der Waals surface area contributed by atoms with Crippen molar-refractivity contribution in [1.29, 1.82) is 0 Å². The van der Waals surface area contributed by atoms with Gasteiger partial charge < -0.3 is 14.2 Å². The highest BCUT2D eigenvalue weighted by Crippen LogP contribution is 2.34. The van der Waals surface area contributed by atoms with Crippen molar-refractivity contribution >= 4 is 23.4 Å². The number of fused-ring (bicyclic) bond motifs is 1. The van der Waals surface area contributed by atoms with Crippen molar-refractivity contribution in [1.82, 2.24) is 14.8 Å². The van der Waals surface area contributed by atoms with Gasteiger partial charge in [-0.25, -0.2) is 0 Å². The normalized spacial score (nSPS) is 13.5. The Morgan fingerprint density at radius 1 is 1.00 bits per heavy atom. The van der Waals surface area contributed by atoms with Crippen molar-refractivity contribution < 1.29 is 9.53 Å². The van der Waals surface area contributed by atoms with E-state index in [0.29, 0.717) is 6.54 Å². The number of nitrogens with zero attached hydrogens (tertiary/aromatic N) is 4. The average Bonchev–Trinajstić information content (AvgIpc) is 3.51. The first-order valence-electron chi connectivity index (χ1n) is 11.8. The number of carbonyl (C=O) groups is 1. The molecule has 178 valence electrons. The zero-order chi connectivity index (χ0) is 24.2. The molecule has 0 bridgehead atoms. The molecule has 1 atom stereocenters. The highest BCUT2D eigenvalue weighted by atomic mass is 32.2. The molecule has 3 aromatic carbocycles. The summed E-state index contributed by atoms with van der Waals surface area (Å²) in [7, 11) is 1.66. The number of carbonyl (C=O) groups excluding carboxylic acids is 1. The first-order valence-corrected chi connectivity index (χ1v) is 12.7. The van der Waals surface area contributed by atoms with Gasteiger partial charge in [0, 0.05) is 18.8 Å². The molecule has 35 heavy (non-hydrogen) atoms. The third-order valence-corrected chi connectivity index (χ3v) is 7.38. The summed E-state index contributed by atoms with van der Waals surface area (Å²) in [6, 6.07) is 26.3. The smallest absolute Gasteiger partial charge is 0.240 e. The predicted molar refractivity (Wildman–Crippen MR) is 140 cm³/mol. The van der Waals surface area contributed by atoms with Crippen LogP contribution in [0.2, 0.25) is 0 Å². The Hall–Kier alpha value is -3.58. The van der Waals surface area contributed by atoms with Crippen LogP contribution in [0.5, 0.6) is 5.75 Å². The molecule has 2 heterocycles. The van der Waals surface area contributed by atoms with Gasteiger partial charge in [0.25, 0.3) is 0 Å². The van der Waals surface area contributed by atoms with Gasteiger partial charge in [-0.1, -0.05) is 72.4 Å². The number of ether oxygens (including phenoxy) is 1.